The van der Waals surface area contributed by atoms with Gasteiger partial charge in [0.15, 0.2) is 11.5 Å². The molecule has 1 aromatic heterocycles. The van der Waals surface area contributed by atoms with Gasteiger partial charge in [-0.1, -0.05) is 12.1 Å². The minimum absolute atomic E-state index is 0.122. The molecule has 0 atom stereocenters. The Morgan fingerprint density at radius 2 is 1.88 bits per heavy atom. The topological polar surface area (TPSA) is 78.3 Å². The van der Waals surface area contributed by atoms with E-state index in [-0.39, 0.29) is 18.9 Å². The van der Waals surface area contributed by atoms with Gasteiger partial charge in [0.2, 0.25) is 5.91 Å². The predicted molar refractivity (Wildman–Crippen MR) is 93.1 cm³/mol. The lowest BCUT2D eigenvalue weighted by Crippen LogP contribution is -2.15. The van der Waals surface area contributed by atoms with E-state index in [0.717, 1.165) is 5.69 Å². The molecule has 2 aromatic carbocycles. The van der Waals surface area contributed by atoms with Gasteiger partial charge in [0.25, 0.3) is 0 Å². The average molecular weight is 338 g/mol. The first-order chi connectivity index (χ1) is 12.3. The highest BCUT2D eigenvalue weighted by Gasteiger charge is 2.06. The summed E-state index contributed by atoms with van der Waals surface area (Å²) in [5.41, 5.74) is 1.58. The first-order valence-corrected chi connectivity index (χ1v) is 7.77. The van der Waals surface area contributed by atoms with Crippen LogP contribution in [0.4, 0.5) is 5.69 Å². The van der Waals surface area contributed by atoms with Crippen LogP contribution >= 0.6 is 0 Å². The molecule has 0 aliphatic rings. The number of benzene rings is 2. The number of carbonyl (C=O) groups excluding carboxylic acids is 1. The molecule has 0 aliphatic heterocycles. The molecule has 0 bridgehead atoms. The number of amides is 1. The standard InChI is InChI=1S/C18H18N4O3/c1-24-16-4-2-3-5-17(16)25-11-10-18(23)21-14-6-8-15(9-7-14)22-13-19-12-20-22/h2-9,12-13H,10-11H2,1H3,(H,21,23). The van der Waals surface area contributed by atoms with Crippen molar-refractivity contribution >= 4 is 11.6 Å². The highest BCUT2D eigenvalue weighted by Crippen LogP contribution is 2.25. The maximum Gasteiger partial charge on any atom is 0.227 e. The molecular weight excluding hydrogens is 320 g/mol. The number of hydrogen-bond donors (Lipinski definition) is 1. The summed E-state index contributed by atoms with van der Waals surface area (Å²) < 4.78 is 12.4. The summed E-state index contributed by atoms with van der Waals surface area (Å²) in [5.74, 6) is 1.14. The number of hydrogen-bond acceptors (Lipinski definition) is 5. The number of aromatic nitrogens is 3. The molecule has 0 unspecified atom stereocenters. The zero-order valence-corrected chi connectivity index (χ0v) is 13.8. The second-order valence-corrected chi connectivity index (χ2v) is 5.18. The Labute approximate surface area is 145 Å². The smallest absolute Gasteiger partial charge is 0.227 e. The minimum Gasteiger partial charge on any atom is -0.493 e. The average Bonchev–Trinajstić information content (AvgIpc) is 3.17. The molecule has 0 fully saturated rings. The second-order valence-electron chi connectivity index (χ2n) is 5.18. The molecule has 1 N–H and O–H groups in total. The molecule has 0 saturated carbocycles. The van der Waals surface area contributed by atoms with Gasteiger partial charge in [0, 0.05) is 5.69 Å². The van der Waals surface area contributed by atoms with Crippen LogP contribution in [-0.2, 0) is 4.79 Å². The normalized spacial score (nSPS) is 10.3. The van der Waals surface area contributed by atoms with E-state index in [2.05, 4.69) is 15.4 Å². The van der Waals surface area contributed by atoms with Crippen molar-refractivity contribution in [3.05, 3.63) is 61.2 Å². The predicted octanol–water partition coefficient (Wildman–Crippen LogP) is 2.68. The van der Waals surface area contributed by atoms with Crippen LogP contribution in [0.15, 0.2) is 61.2 Å². The van der Waals surface area contributed by atoms with Crippen LogP contribution < -0.4 is 14.8 Å². The van der Waals surface area contributed by atoms with E-state index >= 15 is 0 Å². The fourth-order valence-electron chi connectivity index (χ4n) is 2.25. The molecule has 7 nitrogen and oxygen atoms in total. The highest BCUT2D eigenvalue weighted by molar-refractivity contribution is 5.90. The maximum atomic E-state index is 12.0. The van der Waals surface area contributed by atoms with E-state index in [9.17, 15) is 4.79 Å². The number of anilines is 1. The van der Waals surface area contributed by atoms with Gasteiger partial charge in [-0.3, -0.25) is 4.79 Å². The highest BCUT2D eigenvalue weighted by atomic mass is 16.5. The summed E-state index contributed by atoms with van der Waals surface area (Å²) in [6.07, 6.45) is 3.32. The summed E-state index contributed by atoms with van der Waals surface area (Å²) in [7, 11) is 1.58. The van der Waals surface area contributed by atoms with Crippen LogP contribution in [0.25, 0.3) is 5.69 Å². The minimum atomic E-state index is -0.122. The third-order valence-corrected chi connectivity index (χ3v) is 3.49. The van der Waals surface area contributed by atoms with Gasteiger partial charge < -0.3 is 14.8 Å². The van der Waals surface area contributed by atoms with Crippen molar-refractivity contribution in [2.75, 3.05) is 19.0 Å². The Kier molecular flexibility index (Phi) is 5.26. The molecule has 0 spiro atoms. The van der Waals surface area contributed by atoms with Gasteiger partial charge in [-0.05, 0) is 36.4 Å². The molecule has 1 amide bonds. The maximum absolute atomic E-state index is 12.0. The van der Waals surface area contributed by atoms with E-state index in [1.807, 2.05) is 42.5 Å². The van der Waals surface area contributed by atoms with E-state index in [4.69, 9.17) is 9.47 Å². The van der Waals surface area contributed by atoms with Crippen LogP contribution in [0, 0.1) is 0 Å². The van der Waals surface area contributed by atoms with Gasteiger partial charge in [-0.25, -0.2) is 9.67 Å². The summed E-state index contributed by atoms with van der Waals surface area (Å²) in [6.45, 7) is 0.267. The van der Waals surface area contributed by atoms with Gasteiger partial charge >= 0.3 is 0 Å². The third-order valence-electron chi connectivity index (χ3n) is 3.49. The molecular formula is C18H18N4O3. The number of ether oxygens (including phenoxy) is 2. The van der Waals surface area contributed by atoms with E-state index < -0.39 is 0 Å². The lowest BCUT2D eigenvalue weighted by atomic mass is 10.2. The van der Waals surface area contributed by atoms with Crippen LogP contribution in [-0.4, -0.2) is 34.4 Å². The SMILES string of the molecule is COc1ccccc1OCCC(=O)Nc1ccc(-n2cncn2)cc1. The zero-order valence-electron chi connectivity index (χ0n) is 13.8. The fourth-order valence-corrected chi connectivity index (χ4v) is 2.25. The van der Waals surface area contributed by atoms with Crippen molar-refractivity contribution in [3.8, 4) is 17.2 Å². The second kappa shape index (κ2) is 7.96. The quantitative estimate of drug-likeness (QED) is 0.716. The van der Waals surface area contributed by atoms with Crippen LogP contribution in [0.1, 0.15) is 6.42 Å². The Balaban J connectivity index is 1.49. The Bertz CT molecular complexity index is 817. The molecule has 0 saturated heterocycles. The summed E-state index contributed by atoms with van der Waals surface area (Å²) in [6, 6.07) is 14.7. The van der Waals surface area contributed by atoms with Crippen molar-refractivity contribution in [1.82, 2.24) is 14.8 Å². The van der Waals surface area contributed by atoms with Crippen LogP contribution in [0.3, 0.4) is 0 Å². The number of methoxy groups -OCH3 is 1. The monoisotopic (exact) mass is 338 g/mol. The number of carbonyl (C=O) groups is 1. The van der Waals surface area contributed by atoms with Crippen molar-refractivity contribution in [2.45, 2.75) is 6.42 Å². The number of nitrogens with zero attached hydrogens (tertiary/aromatic N) is 3. The zero-order chi connectivity index (χ0) is 17.5. The first-order valence-electron chi connectivity index (χ1n) is 7.77. The molecule has 1 heterocycles. The van der Waals surface area contributed by atoms with E-state index in [0.29, 0.717) is 17.2 Å². The molecule has 0 aliphatic carbocycles. The van der Waals surface area contributed by atoms with Gasteiger partial charge in [-0.15, -0.1) is 0 Å². The fraction of sp³-hybridized carbons (Fsp3) is 0.167. The number of nitrogens with one attached hydrogen (secondary N) is 1. The van der Waals surface area contributed by atoms with Crippen LogP contribution in [0.2, 0.25) is 0 Å². The largest absolute Gasteiger partial charge is 0.493 e. The van der Waals surface area contributed by atoms with E-state index in [1.54, 1.807) is 24.2 Å². The number of rotatable bonds is 7. The summed E-state index contributed by atoms with van der Waals surface area (Å²) in [5, 5.41) is 6.89. The van der Waals surface area contributed by atoms with Crippen LogP contribution in [0.5, 0.6) is 11.5 Å². The molecule has 7 heteroatoms. The summed E-state index contributed by atoms with van der Waals surface area (Å²) in [4.78, 5) is 15.9. The van der Waals surface area contributed by atoms with Crippen molar-refractivity contribution in [1.29, 1.82) is 0 Å². The Morgan fingerprint density at radius 1 is 1.12 bits per heavy atom. The van der Waals surface area contributed by atoms with Gasteiger partial charge in [0.05, 0.1) is 25.8 Å². The number of para-hydroxylation sites is 2. The molecule has 3 aromatic rings. The lowest BCUT2D eigenvalue weighted by molar-refractivity contribution is -0.116. The van der Waals surface area contributed by atoms with Crippen molar-refractivity contribution < 1.29 is 14.3 Å². The summed E-state index contributed by atoms with van der Waals surface area (Å²) >= 11 is 0. The van der Waals surface area contributed by atoms with Crippen molar-refractivity contribution in [3.63, 3.8) is 0 Å². The first kappa shape index (κ1) is 16.5. The molecule has 25 heavy (non-hydrogen) atoms. The van der Waals surface area contributed by atoms with E-state index in [1.165, 1.54) is 6.33 Å². The lowest BCUT2D eigenvalue weighted by Gasteiger charge is -2.10. The third kappa shape index (κ3) is 4.35. The molecule has 0 radical (unpaired) electrons. The van der Waals surface area contributed by atoms with Gasteiger partial charge in [0.1, 0.15) is 12.7 Å². The Hall–Kier alpha value is -3.35. The molecule has 3 rings (SSSR count). The molecule has 128 valence electrons. The Morgan fingerprint density at radius 3 is 2.56 bits per heavy atom. The van der Waals surface area contributed by atoms with Crippen molar-refractivity contribution in [2.24, 2.45) is 0 Å². The van der Waals surface area contributed by atoms with Gasteiger partial charge in [-0.2, -0.15) is 5.10 Å².